The number of ether oxygens (including phenoxy) is 3. The molecule has 1 atom stereocenters. The third-order valence-corrected chi connectivity index (χ3v) is 7.66. The SMILES string of the molecule is CC(C)(OC(=O)Nc1ccc2c(c1)N(S(=O)(=O)c1ccc3c(c1)CCO3)CC(C#CCC(N)=O)O2)C(F)(F)F. The number of amides is 2. The number of rotatable bonds is 5. The first kappa shape index (κ1) is 27.9. The third-order valence-electron chi connectivity index (χ3n) is 5.88. The fraction of sp³-hybridized carbons (Fsp3) is 0.360. The van der Waals surface area contributed by atoms with E-state index in [0.717, 1.165) is 4.31 Å². The molecule has 2 heterocycles. The van der Waals surface area contributed by atoms with Gasteiger partial charge in [0.1, 0.15) is 11.5 Å². The predicted octanol–water partition coefficient (Wildman–Crippen LogP) is 3.35. The molecule has 1 unspecified atom stereocenters. The van der Waals surface area contributed by atoms with Crippen LogP contribution >= 0.6 is 0 Å². The van der Waals surface area contributed by atoms with Gasteiger partial charge < -0.3 is 19.9 Å². The molecule has 2 aromatic carbocycles. The zero-order valence-corrected chi connectivity index (χ0v) is 21.6. The van der Waals surface area contributed by atoms with Crippen LogP contribution in [0.4, 0.5) is 29.3 Å². The zero-order chi connectivity index (χ0) is 28.6. The number of nitrogens with two attached hydrogens (primary N) is 1. The molecule has 0 fully saturated rings. The second-order valence-corrected chi connectivity index (χ2v) is 11.0. The second-order valence-electron chi connectivity index (χ2n) is 9.18. The Hall–Kier alpha value is -4.12. The second kappa shape index (κ2) is 10.2. The van der Waals surface area contributed by atoms with Gasteiger partial charge in [-0.25, -0.2) is 13.2 Å². The minimum absolute atomic E-state index is 0.00702. The van der Waals surface area contributed by atoms with Gasteiger partial charge in [-0.1, -0.05) is 11.8 Å². The summed E-state index contributed by atoms with van der Waals surface area (Å²) < 4.78 is 83.7. The van der Waals surface area contributed by atoms with Crippen LogP contribution in [0.3, 0.4) is 0 Å². The molecule has 10 nitrogen and oxygen atoms in total. The Morgan fingerprint density at radius 2 is 1.90 bits per heavy atom. The zero-order valence-electron chi connectivity index (χ0n) is 20.8. The van der Waals surface area contributed by atoms with Gasteiger partial charge in [0.05, 0.1) is 30.2 Å². The van der Waals surface area contributed by atoms with Gasteiger partial charge in [0.25, 0.3) is 10.0 Å². The number of fused-ring (bicyclic) bond motifs is 2. The largest absolute Gasteiger partial charge is 0.493 e. The van der Waals surface area contributed by atoms with Crippen molar-refractivity contribution in [1.29, 1.82) is 0 Å². The standard InChI is InChI=1S/C25H24F3N3O7S/c1-24(2,25(26,27)28)38-23(33)30-16-6-8-21-19(13-16)31(14-17(37-21)4-3-5-22(29)32)39(34,35)18-7-9-20-15(12-18)10-11-36-20/h6-9,12-13,17H,5,10-11,14H2,1-2H3,(H2,29,32)(H,30,33). The van der Waals surface area contributed by atoms with E-state index in [2.05, 4.69) is 21.9 Å². The monoisotopic (exact) mass is 567 g/mol. The van der Waals surface area contributed by atoms with E-state index >= 15 is 0 Å². The third kappa shape index (κ3) is 5.98. The summed E-state index contributed by atoms with van der Waals surface area (Å²) >= 11 is 0. The fourth-order valence-electron chi connectivity index (χ4n) is 3.77. The van der Waals surface area contributed by atoms with E-state index < -0.39 is 39.9 Å². The molecule has 208 valence electrons. The number of halogens is 3. The summed E-state index contributed by atoms with van der Waals surface area (Å²) in [6.07, 6.45) is -6.91. The first-order valence-corrected chi connectivity index (χ1v) is 13.0. The van der Waals surface area contributed by atoms with Crippen molar-refractivity contribution in [3.05, 3.63) is 42.0 Å². The molecule has 2 aliphatic rings. The average molecular weight is 568 g/mol. The lowest BCUT2D eigenvalue weighted by Gasteiger charge is -2.34. The van der Waals surface area contributed by atoms with Gasteiger partial charge in [0.15, 0.2) is 6.10 Å². The number of sulfonamides is 1. The summed E-state index contributed by atoms with van der Waals surface area (Å²) in [4.78, 5) is 23.2. The van der Waals surface area contributed by atoms with Crippen molar-refractivity contribution in [2.24, 2.45) is 5.73 Å². The molecule has 0 saturated heterocycles. The van der Waals surface area contributed by atoms with Crippen LogP contribution in [0.25, 0.3) is 0 Å². The summed E-state index contributed by atoms with van der Waals surface area (Å²) in [5, 5.41) is 2.19. The van der Waals surface area contributed by atoms with Gasteiger partial charge in [-0.05, 0) is 55.8 Å². The minimum atomic E-state index is -4.82. The maximum absolute atomic E-state index is 13.8. The molecular weight excluding hydrogens is 543 g/mol. The quantitative estimate of drug-likeness (QED) is 0.529. The Morgan fingerprint density at radius 1 is 1.18 bits per heavy atom. The van der Waals surface area contributed by atoms with Crippen molar-refractivity contribution < 1.29 is 45.4 Å². The van der Waals surface area contributed by atoms with Crippen molar-refractivity contribution in [2.45, 2.75) is 49.5 Å². The molecule has 2 amide bonds. The lowest BCUT2D eigenvalue weighted by atomic mass is 10.1. The number of hydrogen-bond donors (Lipinski definition) is 2. The van der Waals surface area contributed by atoms with E-state index in [4.69, 9.17) is 15.2 Å². The van der Waals surface area contributed by atoms with Gasteiger partial charge in [-0.3, -0.25) is 14.4 Å². The number of benzene rings is 2. The van der Waals surface area contributed by atoms with Gasteiger partial charge >= 0.3 is 12.3 Å². The van der Waals surface area contributed by atoms with E-state index in [-0.39, 0.29) is 35.0 Å². The maximum Gasteiger partial charge on any atom is 0.427 e. The fourth-order valence-corrected chi connectivity index (χ4v) is 5.29. The maximum atomic E-state index is 13.8. The van der Waals surface area contributed by atoms with Gasteiger partial charge in [-0.2, -0.15) is 13.2 Å². The highest BCUT2D eigenvalue weighted by Crippen LogP contribution is 2.40. The van der Waals surface area contributed by atoms with Crippen LogP contribution in [0.15, 0.2) is 41.3 Å². The van der Waals surface area contributed by atoms with Crippen LogP contribution in [-0.2, 0) is 26.0 Å². The minimum Gasteiger partial charge on any atom is -0.493 e. The Labute approximate surface area is 222 Å². The summed E-state index contributed by atoms with van der Waals surface area (Å²) in [5.74, 6) is 5.22. The van der Waals surface area contributed by atoms with Crippen molar-refractivity contribution in [1.82, 2.24) is 0 Å². The van der Waals surface area contributed by atoms with Crippen LogP contribution in [0.1, 0.15) is 25.8 Å². The highest BCUT2D eigenvalue weighted by atomic mass is 32.2. The normalized spacial score (nSPS) is 16.5. The number of primary amides is 1. The van der Waals surface area contributed by atoms with Crippen LogP contribution in [0.5, 0.6) is 11.5 Å². The molecule has 0 spiro atoms. The average Bonchev–Trinajstić information content (AvgIpc) is 3.30. The molecule has 2 aliphatic heterocycles. The molecule has 4 rings (SSSR count). The Kier molecular flexibility index (Phi) is 7.31. The van der Waals surface area contributed by atoms with Crippen molar-refractivity contribution >= 4 is 33.4 Å². The highest BCUT2D eigenvalue weighted by Gasteiger charge is 2.51. The molecule has 3 N–H and O–H groups in total. The molecule has 0 aromatic heterocycles. The van der Waals surface area contributed by atoms with Crippen molar-refractivity contribution in [3.63, 3.8) is 0 Å². The van der Waals surface area contributed by atoms with Gasteiger partial charge in [-0.15, -0.1) is 0 Å². The molecule has 0 radical (unpaired) electrons. The van der Waals surface area contributed by atoms with E-state index in [1.807, 2.05) is 0 Å². The lowest BCUT2D eigenvalue weighted by Crippen LogP contribution is -2.44. The number of nitrogens with one attached hydrogen (secondary N) is 1. The van der Waals surface area contributed by atoms with E-state index in [9.17, 15) is 31.2 Å². The van der Waals surface area contributed by atoms with Crippen LogP contribution in [0.2, 0.25) is 0 Å². The topological polar surface area (TPSA) is 137 Å². The number of hydrogen-bond acceptors (Lipinski definition) is 7. The smallest absolute Gasteiger partial charge is 0.427 e. The van der Waals surface area contributed by atoms with Gasteiger partial charge in [0.2, 0.25) is 11.5 Å². The van der Waals surface area contributed by atoms with Crippen LogP contribution in [0, 0.1) is 11.8 Å². The number of nitrogens with zero attached hydrogens (tertiary/aromatic N) is 1. The Bertz CT molecular complexity index is 1480. The predicted molar refractivity (Wildman–Crippen MR) is 133 cm³/mol. The Balaban J connectivity index is 1.68. The number of alkyl halides is 3. The van der Waals surface area contributed by atoms with Crippen molar-refractivity contribution in [3.8, 4) is 23.3 Å². The number of anilines is 2. The van der Waals surface area contributed by atoms with Crippen molar-refractivity contribution in [2.75, 3.05) is 22.8 Å². The Morgan fingerprint density at radius 3 is 2.59 bits per heavy atom. The highest BCUT2D eigenvalue weighted by molar-refractivity contribution is 7.92. The molecule has 0 saturated carbocycles. The number of carbonyl (C=O) groups excluding carboxylic acids is 2. The summed E-state index contributed by atoms with van der Waals surface area (Å²) in [6.45, 7) is 1.53. The van der Waals surface area contributed by atoms with E-state index in [1.54, 1.807) is 6.07 Å². The van der Waals surface area contributed by atoms with E-state index in [0.29, 0.717) is 38.2 Å². The molecular formula is C25H24F3N3O7S. The molecule has 14 heteroatoms. The molecule has 2 aromatic rings. The number of carbonyl (C=O) groups is 2. The molecule has 39 heavy (non-hydrogen) atoms. The van der Waals surface area contributed by atoms with Gasteiger partial charge in [0, 0.05) is 12.1 Å². The summed E-state index contributed by atoms with van der Waals surface area (Å²) in [6, 6.07) is 8.31. The summed E-state index contributed by atoms with van der Waals surface area (Å²) in [7, 11) is -4.22. The summed E-state index contributed by atoms with van der Waals surface area (Å²) in [5.41, 5.74) is 3.03. The van der Waals surface area contributed by atoms with Crippen LogP contribution < -0.4 is 24.8 Å². The molecule has 0 aliphatic carbocycles. The first-order valence-electron chi connectivity index (χ1n) is 11.6. The molecule has 0 bridgehead atoms. The van der Waals surface area contributed by atoms with Crippen LogP contribution in [-0.4, -0.2) is 51.5 Å². The van der Waals surface area contributed by atoms with E-state index in [1.165, 1.54) is 30.3 Å². The first-order chi connectivity index (χ1) is 18.2. The lowest BCUT2D eigenvalue weighted by molar-refractivity contribution is -0.242.